The number of carbonyl (C=O) groups excluding carboxylic acids is 1. The van der Waals surface area contributed by atoms with E-state index in [0.29, 0.717) is 37.5 Å². The number of rotatable bonds is 8. The average molecular weight is 477 g/mol. The Morgan fingerprint density at radius 1 is 1.20 bits per heavy atom. The maximum atomic E-state index is 14.1. The van der Waals surface area contributed by atoms with Crippen LogP contribution < -0.4 is 11.2 Å². The molecule has 1 unspecified atom stereocenters. The number of carbonyl (C=O) groups is 1. The molecule has 2 aliphatic rings. The fourth-order valence-electron chi connectivity index (χ4n) is 4.81. The van der Waals surface area contributed by atoms with Crippen LogP contribution in [0.1, 0.15) is 67.1 Å². The summed E-state index contributed by atoms with van der Waals surface area (Å²) in [5.41, 5.74) is 1.34. The van der Waals surface area contributed by atoms with Gasteiger partial charge in [0.05, 0.1) is 17.1 Å². The summed E-state index contributed by atoms with van der Waals surface area (Å²) in [6, 6.07) is 11.6. The van der Waals surface area contributed by atoms with Crippen molar-refractivity contribution in [2.45, 2.75) is 64.6 Å². The number of nitrogens with zero attached hydrogens (tertiary/aromatic N) is 3. The molecule has 8 nitrogen and oxygen atoms in total. The number of hydrogen-bond acceptors (Lipinski definition) is 5. The molecule has 1 aromatic carbocycles. The predicted molar refractivity (Wildman–Crippen MR) is 134 cm³/mol. The fraction of sp³-hybridized carbons (Fsp3) is 0.481. The number of H-pyrrole nitrogens is 1. The van der Waals surface area contributed by atoms with Crippen LogP contribution in [0.15, 0.2) is 46.0 Å². The van der Waals surface area contributed by atoms with Crippen molar-refractivity contribution in [1.82, 2.24) is 19.4 Å². The first-order valence-electron chi connectivity index (χ1n) is 12.5. The summed E-state index contributed by atoms with van der Waals surface area (Å²) in [6.45, 7) is 5.96. The molecule has 0 bridgehead atoms. The average Bonchev–Trinajstić information content (AvgIpc) is 3.57. The van der Waals surface area contributed by atoms with Crippen molar-refractivity contribution in [3.8, 4) is 0 Å². The van der Waals surface area contributed by atoms with Gasteiger partial charge < -0.3 is 9.64 Å². The number of benzene rings is 1. The van der Waals surface area contributed by atoms with Crippen molar-refractivity contribution in [3.05, 3.63) is 74.1 Å². The zero-order valence-corrected chi connectivity index (χ0v) is 20.3. The van der Waals surface area contributed by atoms with E-state index in [4.69, 9.17) is 9.72 Å². The number of nitrogens with one attached hydrogen (secondary N) is 1. The maximum Gasteiger partial charge on any atom is 0.330 e. The summed E-state index contributed by atoms with van der Waals surface area (Å²) in [6.07, 6.45) is 3.83. The van der Waals surface area contributed by atoms with Gasteiger partial charge in [0.15, 0.2) is 5.65 Å². The highest BCUT2D eigenvalue weighted by molar-refractivity contribution is 6.05. The van der Waals surface area contributed by atoms with Gasteiger partial charge in [-0.25, -0.2) is 9.78 Å². The van der Waals surface area contributed by atoms with E-state index < -0.39 is 11.2 Å². The van der Waals surface area contributed by atoms with Gasteiger partial charge in [-0.2, -0.15) is 0 Å². The van der Waals surface area contributed by atoms with Crippen molar-refractivity contribution in [2.75, 3.05) is 13.2 Å². The van der Waals surface area contributed by atoms with Gasteiger partial charge in [-0.15, -0.1) is 0 Å². The lowest BCUT2D eigenvalue weighted by Gasteiger charge is -2.26. The topological polar surface area (TPSA) is 97.3 Å². The lowest BCUT2D eigenvalue weighted by molar-refractivity contribution is 0.0508. The molecule has 3 aromatic rings. The van der Waals surface area contributed by atoms with E-state index in [1.54, 1.807) is 11.0 Å². The highest BCUT2D eigenvalue weighted by Gasteiger charge is 2.31. The van der Waals surface area contributed by atoms with Gasteiger partial charge in [0.25, 0.3) is 11.5 Å². The molecule has 1 amide bonds. The Morgan fingerprint density at radius 3 is 2.63 bits per heavy atom. The van der Waals surface area contributed by atoms with Gasteiger partial charge in [-0.1, -0.05) is 44.2 Å². The van der Waals surface area contributed by atoms with Gasteiger partial charge in [0.1, 0.15) is 0 Å². The molecule has 0 spiro atoms. The molecular weight excluding hydrogens is 444 g/mol. The molecular formula is C27H32N4O4. The minimum atomic E-state index is -0.569. The van der Waals surface area contributed by atoms with Crippen molar-refractivity contribution in [1.29, 1.82) is 0 Å². The van der Waals surface area contributed by atoms with E-state index in [-0.39, 0.29) is 29.2 Å². The largest absolute Gasteiger partial charge is 0.376 e. The van der Waals surface area contributed by atoms with Crippen molar-refractivity contribution in [2.24, 2.45) is 5.92 Å². The maximum absolute atomic E-state index is 14.1. The number of fused-ring (bicyclic) bond motifs is 1. The van der Waals surface area contributed by atoms with Crippen molar-refractivity contribution < 1.29 is 9.53 Å². The Bertz CT molecular complexity index is 1340. The van der Waals surface area contributed by atoms with E-state index in [2.05, 4.69) is 4.98 Å². The van der Waals surface area contributed by atoms with Crippen LogP contribution in [-0.2, 0) is 17.8 Å². The quantitative estimate of drug-likeness (QED) is 0.537. The van der Waals surface area contributed by atoms with Crippen LogP contribution >= 0.6 is 0 Å². The number of pyridine rings is 1. The van der Waals surface area contributed by atoms with E-state index in [0.717, 1.165) is 36.9 Å². The van der Waals surface area contributed by atoms with Gasteiger partial charge in [-0.3, -0.25) is 19.1 Å². The molecule has 8 heteroatoms. The summed E-state index contributed by atoms with van der Waals surface area (Å²) >= 11 is 0. The van der Waals surface area contributed by atoms with Crippen LogP contribution in [0.3, 0.4) is 0 Å². The predicted octanol–water partition coefficient (Wildman–Crippen LogP) is 3.44. The summed E-state index contributed by atoms with van der Waals surface area (Å²) < 4.78 is 7.35. The molecule has 1 saturated heterocycles. The summed E-state index contributed by atoms with van der Waals surface area (Å²) in [4.78, 5) is 48.9. The Hall–Kier alpha value is -3.26. The zero-order chi connectivity index (χ0) is 24.5. The van der Waals surface area contributed by atoms with Crippen LogP contribution in [0.5, 0.6) is 0 Å². The molecule has 5 rings (SSSR count). The zero-order valence-electron chi connectivity index (χ0n) is 20.3. The number of aromatic nitrogens is 3. The fourth-order valence-corrected chi connectivity index (χ4v) is 4.81. The van der Waals surface area contributed by atoms with Crippen molar-refractivity contribution in [3.63, 3.8) is 0 Å². The number of hydrogen-bond donors (Lipinski definition) is 1. The highest BCUT2D eigenvalue weighted by atomic mass is 16.5. The van der Waals surface area contributed by atoms with Gasteiger partial charge in [0, 0.05) is 37.9 Å². The Labute approximate surface area is 203 Å². The van der Waals surface area contributed by atoms with Gasteiger partial charge in [0.2, 0.25) is 0 Å². The first kappa shape index (κ1) is 23.5. The lowest BCUT2D eigenvalue weighted by Crippen LogP contribution is -2.38. The van der Waals surface area contributed by atoms with Crippen LogP contribution in [0.25, 0.3) is 11.0 Å². The third-order valence-corrected chi connectivity index (χ3v) is 6.69. The van der Waals surface area contributed by atoms with Gasteiger partial charge >= 0.3 is 5.69 Å². The highest BCUT2D eigenvalue weighted by Crippen LogP contribution is 2.40. The van der Waals surface area contributed by atoms with E-state index >= 15 is 0 Å². The Balaban J connectivity index is 1.64. The van der Waals surface area contributed by atoms with E-state index in [9.17, 15) is 14.4 Å². The van der Waals surface area contributed by atoms with Crippen LogP contribution in [-0.4, -0.2) is 44.6 Å². The third kappa shape index (κ3) is 5.07. The van der Waals surface area contributed by atoms with Gasteiger partial charge in [-0.05, 0) is 43.2 Å². The molecule has 3 heterocycles. The van der Waals surface area contributed by atoms with E-state index in [1.165, 1.54) is 4.57 Å². The molecule has 1 N–H and O–H groups in total. The van der Waals surface area contributed by atoms with E-state index in [1.807, 2.05) is 44.2 Å². The second-order valence-corrected chi connectivity index (χ2v) is 10.1. The molecule has 35 heavy (non-hydrogen) atoms. The molecule has 0 radical (unpaired) electrons. The smallest absolute Gasteiger partial charge is 0.330 e. The SMILES string of the molecule is CC(C)Cn1c(=O)[nH]c(=O)c2c(C(=O)N(Cc3ccccc3)CC3CCCO3)cc(C3CC3)nc21. The summed E-state index contributed by atoms with van der Waals surface area (Å²) in [5.74, 6) is 0.189. The van der Waals surface area contributed by atoms with Crippen LogP contribution in [0.2, 0.25) is 0 Å². The molecule has 1 saturated carbocycles. The second-order valence-electron chi connectivity index (χ2n) is 10.1. The molecule has 184 valence electrons. The first-order chi connectivity index (χ1) is 16.9. The molecule has 1 aliphatic carbocycles. The Kier molecular flexibility index (Phi) is 6.56. The first-order valence-corrected chi connectivity index (χ1v) is 12.5. The Morgan fingerprint density at radius 2 is 1.97 bits per heavy atom. The molecule has 2 fully saturated rings. The molecule has 1 atom stereocenters. The lowest BCUT2D eigenvalue weighted by atomic mass is 10.1. The normalized spacial score (nSPS) is 17.9. The third-order valence-electron chi connectivity index (χ3n) is 6.69. The number of ether oxygens (including phenoxy) is 1. The minimum absolute atomic E-state index is 0.0314. The standard InChI is InChI=1S/C27H32N4O4/c1-17(2)14-31-24-23(25(32)29-27(31)34)21(13-22(28-24)19-10-11-19)26(33)30(16-20-9-6-12-35-20)15-18-7-4-3-5-8-18/h3-5,7-8,13,17,19-20H,6,9-12,14-16H2,1-2H3,(H,29,32,34). The summed E-state index contributed by atoms with van der Waals surface area (Å²) in [5, 5.41) is 0.185. The van der Waals surface area contributed by atoms with Crippen LogP contribution in [0.4, 0.5) is 0 Å². The number of amides is 1. The monoisotopic (exact) mass is 476 g/mol. The van der Waals surface area contributed by atoms with Crippen LogP contribution in [0, 0.1) is 5.92 Å². The van der Waals surface area contributed by atoms with Crippen molar-refractivity contribution >= 4 is 16.9 Å². The second kappa shape index (κ2) is 9.77. The molecule has 2 aromatic heterocycles. The number of aromatic amines is 1. The minimum Gasteiger partial charge on any atom is -0.376 e. The summed E-state index contributed by atoms with van der Waals surface area (Å²) in [7, 11) is 0. The molecule has 1 aliphatic heterocycles.